The normalized spacial score (nSPS) is 11.6. The molecule has 0 unspecified atom stereocenters. The fourth-order valence-corrected chi connectivity index (χ4v) is 3.72. The van der Waals surface area contributed by atoms with E-state index in [0.717, 1.165) is 16.5 Å². The topological polar surface area (TPSA) is 90.3 Å². The number of carbonyl (C=O) groups excluding carboxylic acids is 1. The van der Waals surface area contributed by atoms with Gasteiger partial charge >= 0.3 is 0 Å². The van der Waals surface area contributed by atoms with Crippen LogP contribution in [0.4, 0.5) is 5.69 Å². The number of rotatable bonds is 11. The van der Waals surface area contributed by atoms with Crippen molar-refractivity contribution in [2.75, 3.05) is 17.7 Å². The number of benzene rings is 2. The third-order valence-electron chi connectivity index (χ3n) is 4.37. The highest BCUT2D eigenvalue weighted by Crippen LogP contribution is 2.08. The smallest absolute Gasteiger partial charge is 0.225 e. The molecule has 8 heteroatoms. The van der Waals surface area contributed by atoms with Crippen LogP contribution in [0.25, 0.3) is 6.08 Å². The number of nitrogens with one attached hydrogen (secondary N) is 1. The van der Waals surface area contributed by atoms with Crippen LogP contribution in [0.5, 0.6) is 0 Å². The number of nitrogens with zero attached hydrogens (tertiary/aromatic N) is 2. The molecule has 0 saturated carbocycles. The van der Waals surface area contributed by atoms with Crippen molar-refractivity contribution >= 4 is 27.5 Å². The van der Waals surface area contributed by atoms with E-state index < -0.39 is 9.84 Å². The molecule has 7 nitrogen and oxygen atoms in total. The van der Waals surface area contributed by atoms with Crippen molar-refractivity contribution in [3.8, 4) is 0 Å². The molecule has 0 atom stereocenters. The average molecular weight is 440 g/mol. The van der Waals surface area contributed by atoms with Gasteiger partial charge in [-0.05, 0) is 17.2 Å². The maximum atomic E-state index is 12.1. The van der Waals surface area contributed by atoms with Gasteiger partial charge in [0.1, 0.15) is 0 Å². The number of hydrogen-bond acceptors (Lipinski definition) is 5. The van der Waals surface area contributed by atoms with E-state index in [1.54, 1.807) is 10.9 Å². The molecule has 3 aromatic rings. The summed E-state index contributed by atoms with van der Waals surface area (Å²) in [6.07, 6.45) is 4.61. The van der Waals surface area contributed by atoms with Crippen molar-refractivity contribution in [2.45, 2.75) is 19.6 Å². The standard InChI is InChI=1S/C23H25N3O4S/c27-23(12-16-31(28,29)15-11-20-7-3-1-4-8-20)25-22-17-24-26(18-22)13-14-30-19-21-9-5-2-6-10-21/h1-11,15,17-18H,12-14,16,19H2,(H,25,27). The van der Waals surface area contributed by atoms with Crippen LogP contribution < -0.4 is 5.32 Å². The Bertz CT molecular complexity index is 1090. The predicted molar refractivity (Wildman–Crippen MR) is 121 cm³/mol. The Morgan fingerprint density at radius 2 is 1.77 bits per heavy atom. The maximum Gasteiger partial charge on any atom is 0.225 e. The highest BCUT2D eigenvalue weighted by molar-refractivity contribution is 7.94. The Labute approximate surface area is 182 Å². The van der Waals surface area contributed by atoms with Crippen molar-refractivity contribution in [3.63, 3.8) is 0 Å². The number of hydrogen-bond donors (Lipinski definition) is 1. The van der Waals surface area contributed by atoms with E-state index >= 15 is 0 Å². The van der Waals surface area contributed by atoms with Gasteiger partial charge in [-0.15, -0.1) is 0 Å². The van der Waals surface area contributed by atoms with Crippen molar-refractivity contribution < 1.29 is 17.9 Å². The molecule has 162 valence electrons. The Kier molecular flexibility index (Phi) is 8.14. The molecule has 31 heavy (non-hydrogen) atoms. The van der Waals surface area contributed by atoms with Crippen LogP contribution in [0.1, 0.15) is 17.5 Å². The first kappa shape index (κ1) is 22.5. The van der Waals surface area contributed by atoms with Crippen LogP contribution in [0.15, 0.2) is 78.5 Å². The molecule has 3 rings (SSSR count). The van der Waals surface area contributed by atoms with Gasteiger partial charge in [-0.1, -0.05) is 60.7 Å². The summed E-state index contributed by atoms with van der Waals surface area (Å²) in [6.45, 7) is 1.55. The van der Waals surface area contributed by atoms with E-state index in [2.05, 4.69) is 10.4 Å². The molecule has 1 amide bonds. The lowest BCUT2D eigenvalue weighted by molar-refractivity contribution is -0.115. The van der Waals surface area contributed by atoms with E-state index in [4.69, 9.17) is 4.74 Å². The molecule has 0 aliphatic rings. The summed E-state index contributed by atoms with van der Waals surface area (Å²) in [6, 6.07) is 19.0. The molecule has 1 N–H and O–H groups in total. The quantitative estimate of drug-likeness (QED) is 0.462. The van der Waals surface area contributed by atoms with Crippen LogP contribution in [-0.4, -0.2) is 36.5 Å². The Hall–Kier alpha value is -3.23. The summed E-state index contributed by atoms with van der Waals surface area (Å²) >= 11 is 0. The average Bonchev–Trinajstić information content (AvgIpc) is 3.23. The van der Waals surface area contributed by atoms with Crippen LogP contribution in [-0.2, 0) is 32.5 Å². The Morgan fingerprint density at radius 1 is 1.06 bits per heavy atom. The van der Waals surface area contributed by atoms with Crippen molar-refractivity contribution in [2.24, 2.45) is 0 Å². The van der Waals surface area contributed by atoms with E-state index in [1.165, 1.54) is 12.3 Å². The van der Waals surface area contributed by atoms with Gasteiger partial charge in [0, 0.05) is 18.0 Å². The Morgan fingerprint density at radius 3 is 2.52 bits per heavy atom. The van der Waals surface area contributed by atoms with Crippen LogP contribution in [0, 0.1) is 0 Å². The summed E-state index contributed by atoms with van der Waals surface area (Å²) in [5.41, 5.74) is 2.41. The highest BCUT2D eigenvalue weighted by Gasteiger charge is 2.11. The number of amides is 1. The highest BCUT2D eigenvalue weighted by atomic mass is 32.2. The zero-order valence-electron chi connectivity index (χ0n) is 17.1. The second-order valence-corrected chi connectivity index (χ2v) is 8.91. The van der Waals surface area contributed by atoms with Crippen molar-refractivity contribution in [1.29, 1.82) is 0 Å². The summed E-state index contributed by atoms with van der Waals surface area (Å²) in [4.78, 5) is 12.1. The summed E-state index contributed by atoms with van der Waals surface area (Å²) in [5, 5.41) is 7.99. The molecule has 0 saturated heterocycles. The number of carbonyl (C=O) groups is 1. The zero-order valence-corrected chi connectivity index (χ0v) is 17.9. The number of sulfone groups is 1. The van der Waals surface area contributed by atoms with Gasteiger partial charge in [-0.2, -0.15) is 5.10 Å². The van der Waals surface area contributed by atoms with Gasteiger partial charge in [0.2, 0.25) is 5.91 Å². The van der Waals surface area contributed by atoms with Gasteiger partial charge in [-0.25, -0.2) is 8.42 Å². The molecule has 0 spiro atoms. The van der Waals surface area contributed by atoms with Crippen LogP contribution in [0.3, 0.4) is 0 Å². The SMILES string of the molecule is O=C(CCS(=O)(=O)C=Cc1ccccc1)Nc1cnn(CCOCc2ccccc2)c1. The molecule has 0 radical (unpaired) electrons. The minimum Gasteiger partial charge on any atom is -0.375 e. The van der Waals surface area contributed by atoms with Gasteiger partial charge in [-0.3, -0.25) is 9.48 Å². The third kappa shape index (κ3) is 8.19. The van der Waals surface area contributed by atoms with E-state index in [1.807, 2.05) is 60.7 Å². The number of aromatic nitrogens is 2. The molecular weight excluding hydrogens is 414 g/mol. The van der Waals surface area contributed by atoms with E-state index in [-0.39, 0.29) is 18.1 Å². The molecule has 2 aromatic carbocycles. The zero-order chi connectivity index (χ0) is 21.9. The molecule has 0 aliphatic carbocycles. The molecular formula is C23H25N3O4S. The second-order valence-electron chi connectivity index (χ2n) is 6.91. The van der Waals surface area contributed by atoms with Gasteiger partial charge in [0.25, 0.3) is 0 Å². The van der Waals surface area contributed by atoms with Crippen LogP contribution >= 0.6 is 0 Å². The molecule has 0 fully saturated rings. The molecule has 0 aliphatic heterocycles. The fourth-order valence-electron chi connectivity index (χ4n) is 2.75. The number of anilines is 1. The summed E-state index contributed by atoms with van der Waals surface area (Å²) < 4.78 is 31.5. The third-order valence-corrected chi connectivity index (χ3v) is 5.70. The minimum absolute atomic E-state index is 0.132. The molecule has 1 heterocycles. The molecule has 1 aromatic heterocycles. The predicted octanol–water partition coefficient (Wildman–Crippen LogP) is 3.51. The minimum atomic E-state index is -3.48. The Balaban J connectivity index is 1.38. The largest absolute Gasteiger partial charge is 0.375 e. The number of ether oxygens (including phenoxy) is 1. The fraction of sp³-hybridized carbons (Fsp3) is 0.217. The van der Waals surface area contributed by atoms with Crippen LogP contribution in [0.2, 0.25) is 0 Å². The second kappa shape index (κ2) is 11.2. The van der Waals surface area contributed by atoms with Gasteiger partial charge in [0.05, 0.1) is 37.4 Å². The monoisotopic (exact) mass is 439 g/mol. The van der Waals surface area contributed by atoms with E-state index in [9.17, 15) is 13.2 Å². The lowest BCUT2D eigenvalue weighted by Crippen LogP contribution is -2.16. The van der Waals surface area contributed by atoms with Crippen molar-refractivity contribution in [1.82, 2.24) is 9.78 Å². The van der Waals surface area contributed by atoms with Crippen molar-refractivity contribution in [3.05, 3.63) is 89.6 Å². The van der Waals surface area contributed by atoms with Gasteiger partial charge < -0.3 is 10.1 Å². The first-order valence-corrected chi connectivity index (χ1v) is 11.6. The summed E-state index contributed by atoms with van der Waals surface area (Å²) in [7, 11) is -3.48. The lowest BCUT2D eigenvalue weighted by atomic mass is 10.2. The molecule has 0 bridgehead atoms. The van der Waals surface area contributed by atoms with Gasteiger partial charge in [0.15, 0.2) is 9.84 Å². The first-order chi connectivity index (χ1) is 15.0. The first-order valence-electron chi connectivity index (χ1n) is 9.90. The van der Waals surface area contributed by atoms with E-state index in [0.29, 0.717) is 25.4 Å². The lowest BCUT2D eigenvalue weighted by Gasteiger charge is -2.05. The maximum absolute atomic E-state index is 12.1. The summed E-state index contributed by atoms with van der Waals surface area (Å²) in [5.74, 6) is -0.638.